The molecule has 0 radical (unpaired) electrons. The zero-order valence-electron chi connectivity index (χ0n) is 13.5. The predicted octanol–water partition coefficient (Wildman–Crippen LogP) is 3.31. The van der Waals surface area contributed by atoms with Gasteiger partial charge in [-0.05, 0) is 43.7 Å². The lowest BCUT2D eigenvalue weighted by Crippen LogP contribution is -2.48. The van der Waals surface area contributed by atoms with E-state index in [4.69, 9.17) is 0 Å². The van der Waals surface area contributed by atoms with Gasteiger partial charge in [0, 0.05) is 24.2 Å². The molecular weight excluding hydrogens is 307 g/mol. The smallest absolute Gasteiger partial charge is 0.204 e. The summed E-state index contributed by atoms with van der Waals surface area (Å²) in [6, 6.07) is 10.6. The van der Waals surface area contributed by atoms with Crippen molar-refractivity contribution in [3.05, 3.63) is 58.9 Å². The van der Waals surface area contributed by atoms with Crippen molar-refractivity contribution in [2.24, 2.45) is 4.99 Å². The van der Waals surface area contributed by atoms with Gasteiger partial charge in [-0.1, -0.05) is 17.7 Å². The molecule has 0 amide bonds. The molecular formula is C19H17FN2O2. The van der Waals surface area contributed by atoms with Crippen LogP contribution in [-0.2, 0) is 0 Å². The summed E-state index contributed by atoms with van der Waals surface area (Å²) in [4.78, 5) is 19.2. The van der Waals surface area contributed by atoms with Crippen molar-refractivity contribution >= 4 is 23.0 Å². The van der Waals surface area contributed by atoms with Crippen LogP contribution in [0.25, 0.3) is 0 Å². The Bertz CT molecular complexity index is 889. The Morgan fingerprint density at radius 3 is 2.62 bits per heavy atom. The van der Waals surface area contributed by atoms with E-state index >= 15 is 0 Å². The molecule has 2 aliphatic rings. The van der Waals surface area contributed by atoms with E-state index in [9.17, 15) is 14.3 Å². The third-order valence-corrected chi connectivity index (χ3v) is 4.79. The summed E-state index contributed by atoms with van der Waals surface area (Å²) >= 11 is 0. The van der Waals surface area contributed by atoms with Crippen molar-refractivity contribution in [3.8, 4) is 0 Å². The Hall–Kier alpha value is -2.53. The SMILES string of the molecule is Cc1ccc(N2CCC3(O)C(=O)c4cc(F)c(C)cc4N=C23)cc1. The summed E-state index contributed by atoms with van der Waals surface area (Å²) < 4.78 is 13.8. The summed E-state index contributed by atoms with van der Waals surface area (Å²) in [6.07, 6.45) is 0.244. The zero-order valence-corrected chi connectivity index (χ0v) is 13.5. The van der Waals surface area contributed by atoms with Crippen LogP contribution in [0.15, 0.2) is 41.4 Å². The van der Waals surface area contributed by atoms with Gasteiger partial charge >= 0.3 is 0 Å². The number of nitrogens with zero attached hydrogens (tertiary/aromatic N) is 2. The van der Waals surface area contributed by atoms with Crippen LogP contribution in [0.5, 0.6) is 0 Å². The van der Waals surface area contributed by atoms with Crippen molar-refractivity contribution in [1.29, 1.82) is 0 Å². The minimum Gasteiger partial charge on any atom is -0.374 e. The fourth-order valence-electron chi connectivity index (χ4n) is 3.34. The van der Waals surface area contributed by atoms with Gasteiger partial charge in [0.25, 0.3) is 0 Å². The Labute approximate surface area is 139 Å². The number of hydrogen-bond acceptors (Lipinski definition) is 4. The molecule has 122 valence electrons. The fourth-order valence-corrected chi connectivity index (χ4v) is 3.34. The van der Waals surface area contributed by atoms with Crippen molar-refractivity contribution in [2.75, 3.05) is 11.4 Å². The number of anilines is 1. The number of Topliss-reactive ketones (excluding diaryl/α,β-unsaturated/α-hetero) is 1. The van der Waals surface area contributed by atoms with Gasteiger partial charge in [0.2, 0.25) is 5.78 Å². The standard InChI is InChI=1S/C19H17FN2O2/c1-11-3-5-13(6-4-11)22-8-7-19(24)17(23)14-10-15(20)12(2)9-16(14)21-18(19)22/h3-6,9-10,24H,7-8H2,1-2H3. The highest BCUT2D eigenvalue weighted by atomic mass is 19.1. The van der Waals surface area contributed by atoms with E-state index < -0.39 is 17.2 Å². The fraction of sp³-hybridized carbons (Fsp3) is 0.263. The monoisotopic (exact) mass is 324 g/mol. The van der Waals surface area contributed by atoms with E-state index in [1.807, 2.05) is 36.1 Å². The minimum atomic E-state index is -1.68. The number of hydrogen-bond donors (Lipinski definition) is 1. The van der Waals surface area contributed by atoms with Gasteiger partial charge in [-0.25, -0.2) is 9.38 Å². The van der Waals surface area contributed by atoms with E-state index in [-0.39, 0.29) is 12.0 Å². The summed E-state index contributed by atoms with van der Waals surface area (Å²) in [5, 5.41) is 10.9. The first-order valence-corrected chi connectivity index (χ1v) is 7.91. The lowest BCUT2D eigenvalue weighted by Gasteiger charge is -2.30. The molecule has 4 rings (SSSR count). The van der Waals surface area contributed by atoms with Crippen LogP contribution in [-0.4, -0.2) is 28.9 Å². The second-order valence-electron chi connectivity index (χ2n) is 6.48. The molecule has 2 heterocycles. The van der Waals surface area contributed by atoms with Crippen molar-refractivity contribution in [3.63, 3.8) is 0 Å². The average Bonchev–Trinajstić information content (AvgIpc) is 2.89. The lowest BCUT2D eigenvalue weighted by atomic mass is 9.87. The number of benzene rings is 2. The van der Waals surface area contributed by atoms with Crippen LogP contribution >= 0.6 is 0 Å². The van der Waals surface area contributed by atoms with Gasteiger partial charge in [-0.15, -0.1) is 0 Å². The van der Waals surface area contributed by atoms with Crippen LogP contribution in [0.2, 0.25) is 0 Å². The maximum atomic E-state index is 13.8. The van der Waals surface area contributed by atoms with Crippen LogP contribution in [0, 0.1) is 19.7 Å². The quantitative estimate of drug-likeness (QED) is 0.875. The summed E-state index contributed by atoms with van der Waals surface area (Å²) in [7, 11) is 0. The number of aliphatic hydroxyl groups is 1. The Morgan fingerprint density at radius 2 is 1.92 bits per heavy atom. The van der Waals surface area contributed by atoms with Gasteiger partial charge in [0.05, 0.1) is 5.69 Å². The molecule has 2 aromatic carbocycles. The first-order valence-electron chi connectivity index (χ1n) is 7.91. The van der Waals surface area contributed by atoms with Gasteiger partial charge in [-0.3, -0.25) is 4.79 Å². The molecule has 24 heavy (non-hydrogen) atoms. The molecule has 1 saturated heterocycles. The Balaban J connectivity index is 1.87. The molecule has 1 unspecified atom stereocenters. The average molecular weight is 324 g/mol. The largest absolute Gasteiger partial charge is 0.374 e. The molecule has 4 nitrogen and oxygen atoms in total. The van der Waals surface area contributed by atoms with E-state index in [0.29, 0.717) is 23.6 Å². The molecule has 0 saturated carbocycles. The molecule has 5 heteroatoms. The number of halogens is 1. The Morgan fingerprint density at radius 1 is 1.21 bits per heavy atom. The second-order valence-corrected chi connectivity index (χ2v) is 6.48. The molecule has 0 bridgehead atoms. The van der Waals surface area contributed by atoms with E-state index in [0.717, 1.165) is 11.3 Å². The van der Waals surface area contributed by atoms with Gasteiger partial charge in [-0.2, -0.15) is 0 Å². The number of fused-ring (bicyclic) bond motifs is 2. The van der Waals surface area contributed by atoms with Gasteiger partial charge in [0.1, 0.15) is 11.7 Å². The number of amidine groups is 1. The summed E-state index contributed by atoms with van der Waals surface area (Å²) in [6.45, 7) is 4.12. The minimum absolute atomic E-state index is 0.148. The topological polar surface area (TPSA) is 52.9 Å². The van der Waals surface area contributed by atoms with Crippen LogP contribution in [0.1, 0.15) is 27.9 Å². The highest BCUT2D eigenvalue weighted by Gasteiger charge is 2.52. The number of aryl methyl sites for hydroxylation is 2. The van der Waals surface area contributed by atoms with Gasteiger partial charge < -0.3 is 10.0 Å². The zero-order chi connectivity index (χ0) is 17.1. The molecule has 0 aliphatic carbocycles. The third-order valence-electron chi connectivity index (χ3n) is 4.79. The molecule has 1 fully saturated rings. The Kier molecular flexibility index (Phi) is 3.12. The molecule has 0 spiro atoms. The lowest BCUT2D eigenvalue weighted by molar-refractivity contribution is 0.0601. The van der Waals surface area contributed by atoms with Crippen molar-refractivity contribution < 1.29 is 14.3 Å². The van der Waals surface area contributed by atoms with Gasteiger partial charge in [0.15, 0.2) is 5.60 Å². The molecule has 1 N–H and O–H groups in total. The summed E-state index contributed by atoms with van der Waals surface area (Å²) in [5.74, 6) is -0.608. The highest BCUT2D eigenvalue weighted by molar-refractivity contribution is 6.28. The molecule has 2 aromatic rings. The maximum Gasteiger partial charge on any atom is 0.204 e. The van der Waals surface area contributed by atoms with Crippen LogP contribution in [0.3, 0.4) is 0 Å². The number of carbonyl (C=O) groups excluding carboxylic acids is 1. The van der Waals surface area contributed by atoms with Crippen molar-refractivity contribution in [1.82, 2.24) is 0 Å². The number of aliphatic imine (C=N–C) groups is 1. The predicted molar refractivity (Wildman–Crippen MR) is 90.7 cm³/mol. The van der Waals surface area contributed by atoms with E-state index in [1.165, 1.54) is 6.07 Å². The first kappa shape index (κ1) is 15.0. The maximum absolute atomic E-state index is 13.8. The first-order chi connectivity index (χ1) is 11.4. The van der Waals surface area contributed by atoms with Crippen LogP contribution in [0.4, 0.5) is 15.8 Å². The second kappa shape index (κ2) is 4.98. The van der Waals surface area contributed by atoms with Crippen LogP contribution < -0.4 is 4.90 Å². The van der Waals surface area contributed by atoms with E-state index in [1.54, 1.807) is 13.0 Å². The third kappa shape index (κ3) is 2.01. The number of carbonyl (C=O) groups is 1. The molecule has 0 aromatic heterocycles. The van der Waals surface area contributed by atoms with Crippen molar-refractivity contribution in [2.45, 2.75) is 25.9 Å². The molecule has 2 aliphatic heterocycles. The molecule has 1 atom stereocenters. The highest BCUT2D eigenvalue weighted by Crippen LogP contribution is 2.40. The van der Waals surface area contributed by atoms with E-state index in [2.05, 4.69) is 4.99 Å². The number of ketones is 1. The number of rotatable bonds is 1. The summed E-state index contributed by atoms with van der Waals surface area (Å²) in [5.41, 5.74) is 1.32. The normalized spacial score (nSPS) is 22.2.